The topological polar surface area (TPSA) is 44.4 Å². The summed E-state index contributed by atoms with van der Waals surface area (Å²) in [6, 6.07) is 27.6. The van der Waals surface area contributed by atoms with Crippen LogP contribution < -0.4 is 10.6 Å². The van der Waals surface area contributed by atoms with Gasteiger partial charge in [0.05, 0.1) is 11.7 Å². The van der Waals surface area contributed by atoms with E-state index >= 15 is 0 Å². The fourth-order valence-electron chi connectivity index (χ4n) is 3.06. The van der Waals surface area contributed by atoms with Crippen LogP contribution in [0, 0.1) is 0 Å². The van der Waals surface area contributed by atoms with Crippen LogP contribution in [0.2, 0.25) is 0 Å². The fraction of sp³-hybridized carbons (Fsp3) is 0.174. The molecule has 0 aliphatic heterocycles. The molecule has 0 saturated carbocycles. The molecule has 0 aliphatic rings. The van der Waals surface area contributed by atoms with E-state index in [1.165, 1.54) is 0 Å². The third-order valence-electron chi connectivity index (χ3n) is 4.32. The summed E-state index contributed by atoms with van der Waals surface area (Å²) < 4.78 is 0. The Labute approximate surface area is 160 Å². The number of anilines is 1. The minimum atomic E-state index is -0.214. The van der Waals surface area contributed by atoms with E-state index in [0.717, 1.165) is 28.9 Å². The zero-order valence-corrected chi connectivity index (χ0v) is 15.7. The van der Waals surface area contributed by atoms with Crippen molar-refractivity contribution < 1.29 is 4.79 Å². The molecule has 0 fully saturated rings. The van der Waals surface area contributed by atoms with Crippen molar-refractivity contribution in [3.8, 4) is 11.1 Å². The Morgan fingerprint density at radius 2 is 1.44 bits per heavy atom. The number of amides is 2. The molecule has 4 heteroatoms. The van der Waals surface area contributed by atoms with Gasteiger partial charge in [-0.3, -0.25) is 0 Å². The van der Waals surface area contributed by atoms with Gasteiger partial charge in [-0.25, -0.2) is 4.79 Å². The van der Waals surface area contributed by atoms with Crippen molar-refractivity contribution >= 4 is 11.7 Å². The van der Waals surface area contributed by atoms with Crippen LogP contribution in [0.1, 0.15) is 11.6 Å². The highest BCUT2D eigenvalue weighted by atomic mass is 16.2. The number of carbonyl (C=O) groups is 1. The zero-order chi connectivity index (χ0) is 19.1. The van der Waals surface area contributed by atoms with Crippen LogP contribution in [-0.2, 0) is 0 Å². The second-order valence-corrected chi connectivity index (χ2v) is 6.74. The number of hydrogen-bond donors (Lipinski definition) is 2. The molecule has 0 heterocycles. The van der Waals surface area contributed by atoms with E-state index in [4.69, 9.17) is 0 Å². The lowest BCUT2D eigenvalue weighted by atomic mass is 10.0. The van der Waals surface area contributed by atoms with Crippen molar-refractivity contribution in [1.82, 2.24) is 10.2 Å². The molecule has 0 saturated heterocycles. The van der Waals surface area contributed by atoms with Crippen molar-refractivity contribution in [1.29, 1.82) is 0 Å². The van der Waals surface area contributed by atoms with Gasteiger partial charge in [-0.05, 0) is 31.3 Å². The van der Waals surface area contributed by atoms with Crippen LogP contribution in [0.25, 0.3) is 11.1 Å². The molecule has 4 nitrogen and oxygen atoms in total. The number of urea groups is 1. The van der Waals surface area contributed by atoms with Crippen LogP contribution in [0.4, 0.5) is 10.5 Å². The van der Waals surface area contributed by atoms with E-state index in [-0.39, 0.29) is 12.1 Å². The monoisotopic (exact) mass is 359 g/mol. The van der Waals surface area contributed by atoms with E-state index in [0.29, 0.717) is 0 Å². The van der Waals surface area contributed by atoms with E-state index < -0.39 is 0 Å². The van der Waals surface area contributed by atoms with Crippen molar-refractivity contribution in [3.05, 3.63) is 90.5 Å². The van der Waals surface area contributed by atoms with Gasteiger partial charge in [0.25, 0.3) is 0 Å². The summed E-state index contributed by atoms with van der Waals surface area (Å²) in [7, 11) is 4.00. The SMILES string of the molecule is CN(C)CC(NC(=O)Nc1ccccc1-c1ccccc1)c1ccccc1. The minimum Gasteiger partial charge on any atom is -0.330 e. The molecular weight excluding hydrogens is 334 g/mol. The predicted octanol–water partition coefficient (Wildman–Crippen LogP) is 4.78. The Hall–Kier alpha value is -3.11. The van der Waals surface area contributed by atoms with E-state index in [9.17, 15) is 4.79 Å². The maximum atomic E-state index is 12.7. The van der Waals surface area contributed by atoms with E-state index in [2.05, 4.69) is 15.5 Å². The van der Waals surface area contributed by atoms with Gasteiger partial charge in [-0.15, -0.1) is 0 Å². The van der Waals surface area contributed by atoms with Crippen molar-refractivity contribution in [3.63, 3.8) is 0 Å². The molecule has 3 rings (SSSR count). The Balaban J connectivity index is 1.77. The van der Waals surface area contributed by atoms with Gasteiger partial charge in [0.15, 0.2) is 0 Å². The third kappa shape index (κ3) is 5.19. The standard InChI is InChI=1S/C23H25N3O/c1-26(2)17-22(19-13-7-4-8-14-19)25-23(27)24-21-16-10-9-15-20(21)18-11-5-3-6-12-18/h3-16,22H,17H2,1-2H3,(H2,24,25,27). The first-order chi connectivity index (χ1) is 13.1. The lowest BCUT2D eigenvalue weighted by Crippen LogP contribution is -2.37. The summed E-state index contributed by atoms with van der Waals surface area (Å²) in [6.45, 7) is 0.720. The van der Waals surface area contributed by atoms with E-state index in [1.54, 1.807) is 0 Å². The number of benzene rings is 3. The Kier molecular flexibility index (Phi) is 6.23. The molecule has 0 spiro atoms. The lowest BCUT2D eigenvalue weighted by Gasteiger charge is -2.23. The smallest absolute Gasteiger partial charge is 0.319 e. The fourth-order valence-corrected chi connectivity index (χ4v) is 3.06. The summed E-state index contributed by atoms with van der Waals surface area (Å²) in [5.74, 6) is 0. The summed E-state index contributed by atoms with van der Waals surface area (Å²) in [6.07, 6.45) is 0. The van der Waals surface area contributed by atoms with Crippen LogP contribution in [-0.4, -0.2) is 31.6 Å². The molecule has 0 aliphatic carbocycles. The average Bonchev–Trinajstić information content (AvgIpc) is 2.69. The highest BCUT2D eigenvalue weighted by molar-refractivity contribution is 5.94. The van der Waals surface area contributed by atoms with Crippen LogP contribution in [0.5, 0.6) is 0 Å². The Morgan fingerprint density at radius 3 is 2.11 bits per heavy atom. The Morgan fingerprint density at radius 1 is 0.852 bits per heavy atom. The number of nitrogens with one attached hydrogen (secondary N) is 2. The molecule has 3 aromatic rings. The summed E-state index contributed by atoms with van der Waals surface area (Å²) in [5, 5.41) is 6.11. The zero-order valence-electron chi connectivity index (χ0n) is 15.7. The molecule has 1 atom stereocenters. The quantitative estimate of drug-likeness (QED) is 0.665. The molecule has 27 heavy (non-hydrogen) atoms. The number of likely N-dealkylation sites (N-methyl/N-ethyl adjacent to an activating group) is 1. The maximum absolute atomic E-state index is 12.7. The summed E-state index contributed by atoms with van der Waals surface area (Å²) >= 11 is 0. The molecule has 2 amide bonds. The van der Waals surface area contributed by atoms with Crippen LogP contribution >= 0.6 is 0 Å². The van der Waals surface area contributed by atoms with Gasteiger partial charge in [-0.1, -0.05) is 78.9 Å². The second-order valence-electron chi connectivity index (χ2n) is 6.74. The molecule has 138 valence electrons. The van der Waals surface area contributed by atoms with Gasteiger partial charge >= 0.3 is 6.03 Å². The van der Waals surface area contributed by atoms with Gasteiger partial charge in [0.2, 0.25) is 0 Å². The van der Waals surface area contributed by atoms with Crippen LogP contribution in [0.15, 0.2) is 84.9 Å². The van der Waals surface area contributed by atoms with E-state index in [1.807, 2.05) is 99.0 Å². The van der Waals surface area contributed by atoms with Crippen molar-refractivity contribution in [2.75, 3.05) is 26.0 Å². The molecule has 3 aromatic carbocycles. The van der Waals surface area contributed by atoms with Crippen LogP contribution in [0.3, 0.4) is 0 Å². The first kappa shape index (κ1) is 18.7. The molecule has 2 N–H and O–H groups in total. The normalized spacial score (nSPS) is 11.8. The number of hydrogen-bond acceptors (Lipinski definition) is 2. The van der Waals surface area contributed by atoms with Gasteiger partial charge in [0, 0.05) is 12.1 Å². The predicted molar refractivity (Wildman–Crippen MR) is 112 cm³/mol. The number of carbonyl (C=O) groups excluding carboxylic acids is 1. The van der Waals surface area contributed by atoms with Gasteiger partial charge in [0.1, 0.15) is 0 Å². The number of nitrogens with zero attached hydrogens (tertiary/aromatic N) is 1. The lowest BCUT2D eigenvalue weighted by molar-refractivity contribution is 0.244. The minimum absolute atomic E-state index is 0.0925. The average molecular weight is 359 g/mol. The second kappa shape index (κ2) is 9.01. The molecule has 0 radical (unpaired) electrons. The molecule has 1 unspecified atom stereocenters. The maximum Gasteiger partial charge on any atom is 0.319 e. The summed E-state index contributed by atoms with van der Waals surface area (Å²) in [4.78, 5) is 14.8. The van der Waals surface area contributed by atoms with Crippen molar-refractivity contribution in [2.45, 2.75) is 6.04 Å². The highest BCUT2D eigenvalue weighted by Crippen LogP contribution is 2.27. The Bertz CT molecular complexity index is 863. The third-order valence-corrected chi connectivity index (χ3v) is 4.32. The summed E-state index contributed by atoms with van der Waals surface area (Å²) in [5.41, 5.74) is 3.94. The molecule has 0 aromatic heterocycles. The van der Waals surface area contributed by atoms with Gasteiger partial charge < -0.3 is 15.5 Å². The van der Waals surface area contributed by atoms with Gasteiger partial charge in [-0.2, -0.15) is 0 Å². The number of rotatable bonds is 6. The first-order valence-electron chi connectivity index (χ1n) is 9.05. The molecule has 0 bridgehead atoms. The largest absolute Gasteiger partial charge is 0.330 e. The van der Waals surface area contributed by atoms with Crippen molar-refractivity contribution in [2.24, 2.45) is 0 Å². The molecular formula is C23H25N3O. The number of para-hydroxylation sites is 1. The first-order valence-corrected chi connectivity index (χ1v) is 9.05. The highest BCUT2D eigenvalue weighted by Gasteiger charge is 2.16.